The van der Waals surface area contributed by atoms with Gasteiger partial charge in [-0.15, -0.1) is 0 Å². The molecule has 0 aliphatic heterocycles. The summed E-state index contributed by atoms with van der Waals surface area (Å²) in [5.41, 5.74) is 6.35. The van der Waals surface area contributed by atoms with Gasteiger partial charge in [-0.1, -0.05) is 0 Å². The molecule has 30 heavy (non-hydrogen) atoms. The number of hydrogen-bond donors (Lipinski definition) is 5. The van der Waals surface area contributed by atoms with Crippen LogP contribution in [0.1, 0.15) is 12.5 Å². The molecular formula is C13H16ClF3N6O6S. The molecule has 1 aliphatic rings. The number of carbonyl (C=O) groups is 1. The van der Waals surface area contributed by atoms with Crippen LogP contribution in [0.4, 0.5) is 19.0 Å². The summed E-state index contributed by atoms with van der Waals surface area (Å²) in [5.74, 6) is -2.66. The third-order valence-corrected chi connectivity index (χ3v) is 4.94. The number of carboxylic acids is 1. The minimum Gasteiger partial charge on any atom is -0.475 e. The molecule has 2 aromatic heterocycles. The number of halogens is 4. The van der Waals surface area contributed by atoms with Gasteiger partial charge >= 0.3 is 12.1 Å². The molecule has 1 saturated carbocycles. The third kappa shape index (κ3) is 5.45. The van der Waals surface area contributed by atoms with Crippen molar-refractivity contribution in [2.45, 2.75) is 36.9 Å². The van der Waals surface area contributed by atoms with Gasteiger partial charge in [0.2, 0.25) is 15.3 Å². The van der Waals surface area contributed by atoms with E-state index in [2.05, 4.69) is 19.7 Å². The van der Waals surface area contributed by atoms with Crippen molar-refractivity contribution in [2.75, 3.05) is 12.0 Å². The molecule has 0 spiro atoms. The Labute approximate surface area is 171 Å². The topological polar surface area (TPSA) is 194 Å². The maximum absolute atomic E-state index is 11.4. The lowest BCUT2D eigenvalue weighted by Crippen LogP contribution is -2.42. The summed E-state index contributed by atoms with van der Waals surface area (Å²) < 4.78 is 58.3. The zero-order valence-electron chi connectivity index (χ0n) is 14.9. The van der Waals surface area contributed by atoms with Gasteiger partial charge in [-0.05, 0) is 18.0 Å². The molecule has 2 heterocycles. The Hall–Kier alpha value is -2.27. The average Bonchev–Trinajstić information content (AvgIpc) is 3.10. The molecule has 6 N–H and O–H groups in total. The van der Waals surface area contributed by atoms with Crippen LogP contribution in [0.25, 0.3) is 11.2 Å². The molecule has 1 fully saturated rings. The molecule has 0 aromatic carbocycles. The number of nitrogens with one attached hydrogen (secondary N) is 1. The van der Waals surface area contributed by atoms with Crippen LogP contribution >= 0.6 is 11.6 Å². The number of fused-ring (bicyclic) bond motifs is 1. The lowest BCUT2D eigenvalue weighted by atomic mass is 10.2. The molecule has 0 saturated heterocycles. The highest BCUT2D eigenvalue weighted by Gasteiger charge is 2.44. The number of anilines is 1. The predicted molar refractivity (Wildman–Crippen MR) is 95.9 cm³/mol. The van der Waals surface area contributed by atoms with Crippen molar-refractivity contribution in [1.29, 1.82) is 0 Å². The smallest absolute Gasteiger partial charge is 0.475 e. The summed E-state index contributed by atoms with van der Waals surface area (Å²) in [6.45, 7) is 0. The molecule has 2 aromatic rings. The van der Waals surface area contributed by atoms with Gasteiger partial charge in [-0.2, -0.15) is 23.1 Å². The van der Waals surface area contributed by atoms with E-state index in [1.165, 1.54) is 10.9 Å². The molecule has 12 nitrogen and oxygen atoms in total. The van der Waals surface area contributed by atoms with Crippen LogP contribution in [-0.2, 0) is 14.8 Å². The Morgan fingerprint density at radius 3 is 2.40 bits per heavy atom. The first-order valence-corrected chi connectivity index (χ1v) is 10.2. The van der Waals surface area contributed by atoms with E-state index in [9.17, 15) is 31.8 Å². The number of aliphatic hydroxyl groups excluding tert-OH is 2. The van der Waals surface area contributed by atoms with Gasteiger partial charge in [-0.25, -0.2) is 22.9 Å². The number of alkyl halides is 3. The molecule has 17 heteroatoms. The molecular weight excluding hydrogens is 461 g/mol. The van der Waals surface area contributed by atoms with Gasteiger partial charge in [0, 0.05) is 0 Å². The number of hydrogen-bond acceptors (Lipinski definition) is 9. The van der Waals surface area contributed by atoms with E-state index in [1.54, 1.807) is 0 Å². The molecule has 0 unspecified atom stereocenters. The van der Waals surface area contributed by atoms with Crippen molar-refractivity contribution in [3.63, 3.8) is 0 Å². The van der Waals surface area contributed by atoms with Crippen molar-refractivity contribution in [1.82, 2.24) is 24.2 Å². The van der Waals surface area contributed by atoms with E-state index < -0.39 is 46.5 Å². The molecule has 168 valence electrons. The first-order valence-electron chi connectivity index (χ1n) is 7.91. The number of rotatable bonds is 3. The molecule has 0 radical (unpaired) electrons. The fraction of sp³-hybridized carbons (Fsp3) is 0.538. The monoisotopic (exact) mass is 476 g/mol. The second kappa shape index (κ2) is 8.46. The van der Waals surface area contributed by atoms with Gasteiger partial charge in [0.15, 0.2) is 11.5 Å². The van der Waals surface area contributed by atoms with Crippen LogP contribution in [0.5, 0.6) is 0 Å². The highest BCUT2D eigenvalue weighted by atomic mass is 35.5. The second-order valence-electron chi connectivity index (χ2n) is 6.29. The number of imidazole rings is 1. The quantitative estimate of drug-likeness (QED) is 0.353. The van der Waals surface area contributed by atoms with E-state index >= 15 is 0 Å². The Kier molecular flexibility index (Phi) is 6.77. The first kappa shape index (κ1) is 24.0. The van der Waals surface area contributed by atoms with Crippen molar-refractivity contribution in [3.8, 4) is 0 Å². The number of aliphatic hydroxyl groups is 2. The van der Waals surface area contributed by atoms with Crippen LogP contribution < -0.4 is 10.5 Å². The van der Waals surface area contributed by atoms with E-state index in [0.717, 1.165) is 6.26 Å². The fourth-order valence-corrected chi connectivity index (χ4v) is 3.79. The molecule has 0 bridgehead atoms. The van der Waals surface area contributed by atoms with Crippen molar-refractivity contribution >= 4 is 44.6 Å². The van der Waals surface area contributed by atoms with Gasteiger partial charge in [-0.3, -0.25) is 0 Å². The average molecular weight is 477 g/mol. The number of sulfonamides is 1. The fourth-order valence-electron chi connectivity index (χ4n) is 2.83. The third-order valence-electron chi connectivity index (χ3n) is 4.04. The molecule has 4 atom stereocenters. The van der Waals surface area contributed by atoms with Crippen molar-refractivity contribution in [3.05, 3.63) is 11.6 Å². The Morgan fingerprint density at radius 2 is 1.90 bits per heavy atom. The Bertz CT molecular complexity index is 1050. The van der Waals surface area contributed by atoms with Crippen LogP contribution in [0.3, 0.4) is 0 Å². The van der Waals surface area contributed by atoms with E-state index in [-0.39, 0.29) is 17.5 Å². The zero-order valence-corrected chi connectivity index (χ0v) is 16.5. The Balaban J connectivity index is 0.000000396. The van der Waals surface area contributed by atoms with Crippen molar-refractivity contribution < 1.29 is 41.7 Å². The maximum Gasteiger partial charge on any atom is 0.490 e. The second-order valence-corrected chi connectivity index (χ2v) is 8.40. The van der Waals surface area contributed by atoms with E-state index in [1.807, 2.05) is 0 Å². The molecule has 0 amide bonds. The van der Waals surface area contributed by atoms with E-state index in [0.29, 0.717) is 11.2 Å². The Morgan fingerprint density at radius 1 is 1.33 bits per heavy atom. The molecule has 1 aliphatic carbocycles. The largest absolute Gasteiger partial charge is 0.490 e. The number of aliphatic carboxylic acids is 1. The highest BCUT2D eigenvalue weighted by Crippen LogP contribution is 2.34. The zero-order chi connectivity index (χ0) is 23.0. The number of carboxylic acid groups (broad SMARTS) is 1. The normalized spacial score (nSPS) is 24.5. The standard InChI is InChI=1S/C11H15ClN6O4S.C2HF3O2/c1-23(21,22)17-4-2-5(8(20)7(4)19)18-3-14-6-9(13)15-11(12)16-10(6)18;3-2(4,5)1(6)7/h3-5,7-8,17,19-20H,2H2,1H3,(H2,13,15,16);(H,6,7)/t4-,5+,7+,8-;/m0./s1. The van der Waals surface area contributed by atoms with Gasteiger partial charge in [0.1, 0.15) is 11.6 Å². The van der Waals surface area contributed by atoms with Gasteiger partial charge in [0.25, 0.3) is 0 Å². The van der Waals surface area contributed by atoms with Gasteiger partial charge in [0.05, 0.1) is 30.8 Å². The maximum atomic E-state index is 11.4. The number of nitrogens with zero attached hydrogens (tertiary/aromatic N) is 4. The lowest BCUT2D eigenvalue weighted by Gasteiger charge is -2.18. The SMILES string of the molecule is CS(=O)(=O)N[C@H]1C[C@@H](n2cnc3c(N)nc(Cl)nc32)[C@H](O)[C@@H]1O.O=C(O)C(F)(F)F. The molecule has 3 rings (SSSR count). The summed E-state index contributed by atoms with van der Waals surface area (Å²) in [4.78, 5) is 20.8. The predicted octanol–water partition coefficient (Wildman–Crippen LogP) is -0.720. The first-order chi connectivity index (χ1) is 13.6. The lowest BCUT2D eigenvalue weighted by molar-refractivity contribution is -0.192. The summed E-state index contributed by atoms with van der Waals surface area (Å²) >= 11 is 5.79. The number of nitrogen functional groups attached to an aromatic ring is 1. The van der Waals surface area contributed by atoms with E-state index in [4.69, 9.17) is 27.2 Å². The summed E-state index contributed by atoms with van der Waals surface area (Å²) in [5, 5.41) is 27.4. The van der Waals surface area contributed by atoms with Crippen LogP contribution in [0.2, 0.25) is 5.28 Å². The minimum atomic E-state index is -5.08. The summed E-state index contributed by atoms with van der Waals surface area (Å²) in [6, 6.07) is -1.46. The van der Waals surface area contributed by atoms with Crippen LogP contribution in [0.15, 0.2) is 6.33 Å². The minimum absolute atomic E-state index is 0.0735. The van der Waals surface area contributed by atoms with Crippen LogP contribution in [-0.4, -0.2) is 79.9 Å². The number of nitrogens with two attached hydrogens (primary N) is 1. The highest BCUT2D eigenvalue weighted by molar-refractivity contribution is 7.88. The summed E-state index contributed by atoms with van der Waals surface area (Å²) in [6.07, 6.45) is -5.01. The number of aromatic nitrogens is 4. The van der Waals surface area contributed by atoms with Crippen LogP contribution in [0, 0.1) is 0 Å². The van der Waals surface area contributed by atoms with Crippen molar-refractivity contribution in [2.24, 2.45) is 0 Å². The van der Waals surface area contributed by atoms with Gasteiger partial charge < -0.3 is 25.6 Å². The summed E-state index contributed by atoms with van der Waals surface area (Å²) in [7, 11) is -3.52.